The summed E-state index contributed by atoms with van der Waals surface area (Å²) >= 11 is 0. The molecule has 24 heavy (non-hydrogen) atoms. The minimum atomic E-state index is -4.36. The summed E-state index contributed by atoms with van der Waals surface area (Å²) in [6.07, 6.45) is 0.198. The molecule has 2 aromatic heterocycles. The van der Waals surface area contributed by atoms with E-state index in [1.807, 2.05) is 24.1 Å². The van der Waals surface area contributed by atoms with Crippen LogP contribution in [-0.2, 0) is 6.18 Å². The first-order valence-corrected chi connectivity index (χ1v) is 7.74. The number of anilines is 2. The summed E-state index contributed by atoms with van der Waals surface area (Å²) in [6, 6.07) is 6.47. The van der Waals surface area contributed by atoms with E-state index in [0.29, 0.717) is 12.4 Å². The van der Waals surface area contributed by atoms with Crippen molar-refractivity contribution in [3.8, 4) is 0 Å². The van der Waals surface area contributed by atoms with Crippen molar-refractivity contribution < 1.29 is 13.2 Å². The summed E-state index contributed by atoms with van der Waals surface area (Å²) in [4.78, 5) is 8.01. The van der Waals surface area contributed by atoms with Gasteiger partial charge in [-0.25, -0.2) is 4.98 Å². The zero-order chi connectivity index (χ0) is 17.2. The van der Waals surface area contributed by atoms with Gasteiger partial charge in [0, 0.05) is 38.6 Å². The van der Waals surface area contributed by atoms with Gasteiger partial charge in [0.25, 0.3) is 0 Å². The van der Waals surface area contributed by atoms with Gasteiger partial charge in [-0.2, -0.15) is 18.3 Å². The molecule has 3 heterocycles. The zero-order valence-corrected chi connectivity index (χ0v) is 13.2. The topological polar surface area (TPSA) is 45.2 Å². The second-order valence-electron chi connectivity index (χ2n) is 5.85. The summed E-state index contributed by atoms with van der Waals surface area (Å²) in [6.45, 7) is 1.56. The van der Waals surface area contributed by atoms with Crippen LogP contribution in [0.1, 0.15) is 18.4 Å². The van der Waals surface area contributed by atoms with Gasteiger partial charge in [0.2, 0.25) is 0 Å². The summed E-state index contributed by atoms with van der Waals surface area (Å²) < 4.78 is 37.8. The Hall–Kier alpha value is -2.38. The van der Waals surface area contributed by atoms with Crippen LogP contribution in [0.15, 0.2) is 36.7 Å². The van der Waals surface area contributed by atoms with Crippen molar-refractivity contribution >= 4 is 11.6 Å². The van der Waals surface area contributed by atoms with Crippen LogP contribution in [0.3, 0.4) is 0 Å². The minimum Gasteiger partial charge on any atom is -0.358 e. The molecule has 1 atom stereocenters. The highest BCUT2D eigenvalue weighted by molar-refractivity contribution is 5.43. The van der Waals surface area contributed by atoms with Crippen LogP contribution >= 0.6 is 0 Å². The molecule has 3 rings (SSSR count). The molecule has 0 spiro atoms. The van der Waals surface area contributed by atoms with Gasteiger partial charge in [0.1, 0.15) is 5.82 Å². The van der Waals surface area contributed by atoms with Gasteiger partial charge in [0.05, 0.1) is 5.56 Å². The van der Waals surface area contributed by atoms with E-state index in [-0.39, 0.29) is 6.04 Å². The molecule has 1 aliphatic heterocycles. The summed E-state index contributed by atoms with van der Waals surface area (Å²) in [5, 5.41) is 8.06. The van der Waals surface area contributed by atoms with Gasteiger partial charge in [0.15, 0.2) is 5.82 Å². The standard InChI is InChI=1S/C16H18F3N5/c1-23(14-7-6-12(10-20-14)16(17,18)19)11-13-4-3-9-24(13)15-5-2-8-21-22-15/h2,5-8,10,13H,3-4,9,11H2,1H3. The third kappa shape index (κ3) is 3.58. The van der Waals surface area contributed by atoms with Crippen molar-refractivity contribution in [2.45, 2.75) is 25.1 Å². The molecule has 5 nitrogen and oxygen atoms in total. The number of nitrogens with zero attached hydrogens (tertiary/aromatic N) is 5. The number of aromatic nitrogens is 3. The largest absolute Gasteiger partial charge is 0.417 e. The molecule has 0 radical (unpaired) electrons. The Bertz CT molecular complexity index is 660. The molecule has 0 N–H and O–H groups in total. The summed E-state index contributed by atoms with van der Waals surface area (Å²) in [5.41, 5.74) is -0.735. The van der Waals surface area contributed by atoms with Crippen LogP contribution in [0.4, 0.5) is 24.8 Å². The molecule has 0 saturated carbocycles. The lowest BCUT2D eigenvalue weighted by Crippen LogP contribution is -2.39. The van der Waals surface area contributed by atoms with Crippen LogP contribution in [-0.4, -0.2) is 41.4 Å². The number of pyridine rings is 1. The average Bonchev–Trinajstić information content (AvgIpc) is 3.03. The molecular formula is C16H18F3N5. The Morgan fingerprint density at radius 3 is 2.75 bits per heavy atom. The Balaban J connectivity index is 1.69. The number of hydrogen-bond acceptors (Lipinski definition) is 5. The Morgan fingerprint density at radius 2 is 2.12 bits per heavy atom. The minimum absolute atomic E-state index is 0.232. The number of hydrogen-bond donors (Lipinski definition) is 0. The van der Waals surface area contributed by atoms with Crippen LogP contribution in [0, 0.1) is 0 Å². The smallest absolute Gasteiger partial charge is 0.358 e. The number of alkyl halides is 3. The first-order chi connectivity index (χ1) is 11.4. The van der Waals surface area contributed by atoms with E-state index in [9.17, 15) is 13.2 Å². The van der Waals surface area contributed by atoms with Crippen molar-refractivity contribution in [2.75, 3.05) is 29.9 Å². The summed E-state index contributed by atoms with van der Waals surface area (Å²) in [5.74, 6) is 1.35. The van der Waals surface area contributed by atoms with Gasteiger partial charge in [-0.15, -0.1) is 5.10 Å². The van der Waals surface area contributed by atoms with Crippen molar-refractivity contribution in [1.29, 1.82) is 0 Å². The maximum atomic E-state index is 12.6. The lowest BCUT2D eigenvalue weighted by Gasteiger charge is -2.29. The van der Waals surface area contributed by atoms with E-state index >= 15 is 0 Å². The zero-order valence-electron chi connectivity index (χ0n) is 13.2. The molecular weight excluding hydrogens is 319 g/mol. The van der Waals surface area contributed by atoms with Gasteiger partial charge in [-0.05, 0) is 37.1 Å². The maximum Gasteiger partial charge on any atom is 0.417 e. The van der Waals surface area contributed by atoms with E-state index in [1.165, 1.54) is 6.07 Å². The Morgan fingerprint density at radius 1 is 1.29 bits per heavy atom. The first-order valence-electron chi connectivity index (χ1n) is 7.74. The third-order valence-electron chi connectivity index (χ3n) is 4.18. The van der Waals surface area contributed by atoms with E-state index in [4.69, 9.17) is 0 Å². The highest BCUT2D eigenvalue weighted by atomic mass is 19.4. The molecule has 0 aliphatic carbocycles. The fourth-order valence-electron chi connectivity index (χ4n) is 2.96. The molecule has 0 aromatic carbocycles. The fourth-order valence-corrected chi connectivity index (χ4v) is 2.96. The summed E-state index contributed by atoms with van der Waals surface area (Å²) in [7, 11) is 1.84. The van der Waals surface area contributed by atoms with Crippen molar-refractivity contribution in [1.82, 2.24) is 15.2 Å². The monoisotopic (exact) mass is 337 g/mol. The molecule has 8 heteroatoms. The first kappa shape index (κ1) is 16.5. The van der Waals surface area contributed by atoms with Gasteiger partial charge in [-0.3, -0.25) is 0 Å². The predicted octanol–water partition coefficient (Wildman–Crippen LogP) is 3.00. The second-order valence-corrected chi connectivity index (χ2v) is 5.85. The molecule has 2 aromatic rings. The third-order valence-corrected chi connectivity index (χ3v) is 4.18. The van der Waals surface area contributed by atoms with E-state index < -0.39 is 11.7 Å². The van der Waals surface area contributed by atoms with Gasteiger partial charge < -0.3 is 9.80 Å². The van der Waals surface area contributed by atoms with Crippen LogP contribution in [0.25, 0.3) is 0 Å². The Kier molecular flexibility index (Phi) is 4.55. The quantitative estimate of drug-likeness (QED) is 0.858. The average molecular weight is 337 g/mol. The number of rotatable bonds is 4. The van der Waals surface area contributed by atoms with E-state index in [2.05, 4.69) is 20.1 Å². The predicted molar refractivity (Wildman–Crippen MR) is 84.9 cm³/mol. The molecule has 0 amide bonds. The molecule has 0 bridgehead atoms. The van der Waals surface area contributed by atoms with Crippen LogP contribution in [0.5, 0.6) is 0 Å². The van der Waals surface area contributed by atoms with Crippen molar-refractivity contribution in [3.63, 3.8) is 0 Å². The molecule has 1 saturated heterocycles. The Labute approximate surface area is 138 Å². The number of likely N-dealkylation sites (N-methyl/N-ethyl adjacent to an activating group) is 1. The van der Waals surface area contributed by atoms with Crippen LogP contribution < -0.4 is 9.80 Å². The SMILES string of the molecule is CN(CC1CCCN1c1cccnn1)c1ccc(C(F)(F)F)cn1. The van der Waals surface area contributed by atoms with Crippen molar-refractivity contribution in [2.24, 2.45) is 0 Å². The molecule has 1 aliphatic rings. The number of halogens is 3. The highest BCUT2D eigenvalue weighted by Crippen LogP contribution is 2.30. The van der Waals surface area contributed by atoms with Crippen molar-refractivity contribution in [3.05, 3.63) is 42.2 Å². The molecule has 128 valence electrons. The van der Waals surface area contributed by atoms with E-state index in [1.54, 1.807) is 6.20 Å². The molecule has 1 unspecified atom stereocenters. The second kappa shape index (κ2) is 6.62. The highest BCUT2D eigenvalue weighted by Gasteiger charge is 2.31. The fraction of sp³-hybridized carbons (Fsp3) is 0.438. The van der Waals surface area contributed by atoms with E-state index in [0.717, 1.165) is 37.5 Å². The molecule has 1 fully saturated rings. The van der Waals surface area contributed by atoms with Crippen LogP contribution in [0.2, 0.25) is 0 Å². The van der Waals surface area contributed by atoms with Gasteiger partial charge >= 0.3 is 6.18 Å². The van der Waals surface area contributed by atoms with Gasteiger partial charge in [-0.1, -0.05) is 0 Å². The normalized spacial score (nSPS) is 18.0. The maximum absolute atomic E-state index is 12.6. The lowest BCUT2D eigenvalue weighted by molar-refractivity contribution is -0.137. The lowest BCUT2D eigenvalue weighted by atomic mass is 10.2.